The Labute approximate surface area is 72.3 Å². The first-order valence-corrected chi connectivity index (χ1v) is 3.52. The molecule has 0 aromatic carbocycles. The van der Waals surface area contributed by atoms with Crippen LogP contribution in [0.3, 0.4) is 0 Å². The summed E-state index contributed by atoms with van der Waals surface area (Å²) in [6, 6.07) is 1.73. The molecule has 0 fully saturated rings. The van der Waals surface area contributed by atoms with Crippen LogP contribution < -0.4 is 0 Å². The SMILES string of the molecule is N#CCCOC(=O)OSC(=O)O. The fourth-order valence-corrected chi connectivity index (χ4v) is 0.461. The van der Waals surface area contributed by atoms with Crippen LogP contribution in [0.5, 0.6) is 0 Å². The first-order valence-electron chi connectivity index (χ1n) is 2.78. The Morgan fingerprint density at radius 1 is 1.58 bits per heavy atom. The first-order chi connectivity index (χ1) is 5.66. The summed E-state index contributed by atoms with van der Waals surface area (Å²) in [5.74, 6) is 0. The molecule has 0 saturated carbocycles. The molecule has 66 valence electrons. The molecule has 0 spiro atoms. The molecular weight excluding hydrogens is 186 g/mol. The van der Waals surface area contributed by atoms with Crippen molar-refractivity contribution in [1.82, 2.24) is 0 Å². The lowest BCUT2D eigenvalue weighted by molar-refractivity contribution is 0.108. The van der Waals surface area contributed by atoms with Gasteiger partial charge >= 0.3 is 11.5 Å². The van der Waals surface area contributed by atoms with Crippen molar-refractivity contribution in [2.75, 3.05) is 6.61 Å². The maximum absolute atomic E-state index is 10.4. The van der Waals surface area contributed by atoms with E-state index >= 15 is 0 Å². The van der Waals surface area contributed by atoms with E-state index in [1.807, 2.05) is 0 Å². The van der Waals surface area contributed by atoms with Crippen molar-refractivity contribution in [2.24, 2.45) is 0 Å². The Morgan fingerprint density at radius 2 is 2.25 bits per heavy atom. The van der Waals surface area contributed by atoms with Crippen LogP contribution in [-0.4, -0.2) is 23.2 Å². The summed E-state index contributed by atoms with van der Waals surface area (Å²) in [6.45, 7) is -0.102. The minimum atomic E-state index is -1.34. The van der Waals surface area contributed by atoms with Crippen LogP contribution in [-0.2, 0) is 8.92 Å². The fourth-order valence-electron chi connectivity index (χ4n) is 0.274. The maximum Gasteiger partial charge on any atom is 0.521 e. The molecule has 0 aliphatic heterocycles. The number of carboxylic acid groups (broad SMARTS) is 1. The summed E-state index contributed by atoms with van der Waals surface area (Å²) in [5.41, 5.74) is 0. The molecule has 0 unspecified atom stereocenters. The minimum absolute atomic E-state index is 0.0434. The van der Waals surface area contributed by atoms with Gasteiger partial charge in [-0.2, -0.15) is 5.26 Å². The molecule has 6 nitrogen and oxygen atoms in total. The van der Waals surface area contributed by atoms with Crippen molar-refractivity contribution in [1.29, 1.82) is 5.26 Å². The summed E-state index contributed by atoms with van der Waals surface area (Å²) in [4.78, 5) is 20.2. The Morgan fingerprint density at radius 3 is 2.75 bits per heavy atom. The van der Waals surface area contributed by atoms with Crippen molar-refractivity contribution in [3.05, 3.63) is 0 Å². The van der Waals surface area contributed by atoms with Gasteiger partial charge in [-0.25, -0.2) is 9.59 Å². The van der Waals surface area contributed by atoms with Crippen molar-refractivity contribution in [2.45, 2.75) is 6.42 Å². The van der Waals surface area contributed by atoms with Crippen molar-refractivity contribution in [3.8, 4) is 6.07 Å². The molecule has 7 heteroatoms. The van der Waals surface area contributed by atoms with Gasteiger partial charge in [-0.3, -0.25) is 0 Å². The van der Waals surface area contributed by atoms with Gasteiger partial charge < -0.3 is 14.0 Å². The van der Waals surface area contributed by atoms with E-state index in [4.69, 9.17) is 10.4 Å². The van der Waals surface area contributed by atoms with Gasteiger partial charge in [0.15, 0.2) is 12.0 Å². The number of carbonyl (C=O) groups excluding carboxylic acids is 1. The van der Waals surface area contributed by atoms with E-state index in [1.165, 1.54) is 0 Å². The van der Waals surface area contributed by atoms with Crippen LogP contribution >= 0.6 is 12.0 Å². The molecule has 0 bridgehead atoms. The minimum Gasteiger partial charge on any atom is -0.471 e. The van der Waals surface area contributed by atoms with Crippen LogP contribution in [0.25, 0.3) is 0 Å². The molecule has 1 N–H and O–H groups in total. The zero-order chi connectivity index (χ0) is 9.40. The third kappa shape index (κ3) is 6.70. The summed E-state index contributed by atoms with van der Waals surface area (Å²) < 4.78 is 8.26. The highest BCUT2D eigenvalue weighted by Crippen LogP contribution is 2.04. The van der Waals surface area contributed by atoms with Crippen molar-refractivity contribution >= 4 is 23.5 Å². The predicted octanol–water partition coefficient (Wildman–Crippen LogP) is 1.38. The van der Waals surface area contributed by atoms with Gasteiger partial charge in [-0.05, 0) is 0 Å². The quantitative estimate of drug-likeness (QED) is 0.400. The maximum atomic E-state index is 10.4. The van der Waals surface area contributed by atoms with E-state index in [2.05, 4.69) is 8.92 Å². The Hall–Kier alpha value is -1.42. The molecular formula is C5H5NO5S. The molecule has 0 aliphatic rings. The van der Waals surface area contributed by atoms with Crippen molar-refractivity contribution < 1.29 is 23.6 Å². The van der Waals surface area contributed by atoms with Crippen LogP contribution in [0, 0.1) is 11.3 Å². The first kappa shape index (κ1) is 10.6. The summed E-state index contributed by atoms with van der Waals surface area (Å²) in [6.07, 6.45) is -1.06. The van der Waals surface area contributed by atoms with E-state index in [9.17, 15) is 9.59 Å². The predicted molar refractivity (Wildman–Crippen MR) is 38.3 cm³/mol. The number of hydrogen-bond donors (Lipinski definition) is 1. The van der Waals surface area contributed by atoms with E-state index in [-0.39, 0.29) is 25.1 Å². The number of carbonyl (C=O) groups is 2. The normalized spacial score (nSPS) is 8.25. The average molecular weight is 191 g/mol. The third-order valence-electron chi connectivity index (χ3n) is 0.615. The largest absolute Gasteiger partial charge is 0.521 e. The number of ether oxygens (including phenoxy) is 1. The second-order valence-corrected chi connectivity index (χ2v) is 2.12. The van der Waals surface area contributed by atoms with Gasteiger partial charge in [0.2, 0.25) is 0 Å². The van der Waals surface area contributed by atoms with Crippen LogP contribution in [0.2, 0.25) is 0 Å². The number of nitriles is 1. The molecule has 0 aliphatic carbocycles. The molecule has 0 amide bonds. The standard InChI is InChI=1S/C5H5NO5S/c6-2-1-3-10-5(9)11-12-4(7)8/h1,3H2,(H,7,8). The van der Waals surface area contributed by atoms with E-state index in [0.717, 1.165) is 0 Å². The van der Waals surface area contributed by atoms with Crippen LogP contribution in [0.1, 0.15) is 6.42 Å². The fraction of sp³-hybridized carbons (Fsp3) is 0.400. The topological polar surface area (TPSA) is 96.6 Å². The molecule has 0 aromatic rings. The molecule has 0 radical (unpaired) electrons. The van der Waals surface area contributed by atoms with E-state index < -0.39 is 11.5 Å². The molecule has 0 rings (SSSR count). The van der Waals surface area contributed by atoms with E-state index in [0.29, 0.717) is 0 Å². The number of nitrogens with zero attached hydrogens (tertiary/aromatic N) is 1. The zero-order valence-electron chi connectivity index (χ0n) is 5.85. The molecule has 12 heavy (non-hydrogen) atoms. The Kier molecular flexibility index (Phi) is 5.55. The van der Waals surface area contributed by atoms with Gasteiger partial charge in [-0.1, -0.05) is 0 Å². The lowest BCUT2D eigenvalue weighted by Crippen LogP contribution is -2.05. The second-order valence-electron chi connectivity index (χ2n) is 1.44. The smallest absolute Gasteiger partial charge is 0.471 e. The Bertz CT molecular complexity index is 210. The highest BCUT2D eigenvalue weighted by molar-refractivity contribution is 8.09. The average Bonchev–Trinajstić information content (AvgIpc) is 2.01. The lowest BCUT2D eigenvalue weighted by atomic mass is 10.5. The molecule has 0 heterocycles. The summed E-state index contributed by atoms with van der Waals surface area (Å²) in [7, 11) is 0. The molecule has 0 atom stereocenters. The van der Waals surface area contributed by atoms with Gasteiger partial charge in [0.25, 0.3) is 0 Å². The third-order valence-corrected chi connectivity index (χ3v) is 0.977. The van der Waals surface area contributed by atoms with Gasteiger partial charge in [-0.15, -0.1) is 0 Å². The van der Waals surface area contributed by atoms with E-state index in [1.54, 1.807) is 6.07 Å². The van der Waals surface area contributed by atoms with Gasteiger partial charge in [0.05, 0.1) is 12.5 Å². The van der Waals surface area contributed by atoms with Gasteiger partial charge in [0.1, 0.15) is 6.61 Å². The van der Waals surface area contributed by atoms with Gasteiger partial charge in [0, 0.05) is 0 Å². The zero-order valence-corrected chi connectivity index (χ0v) is 6.67. The van der Waals surface area contributed by atoms with Crippen molar-refractivity contribution in [3.63, 3.8) is 0 Å². The lowest BCUT2D eigenvalue weighted by Gasteiger charge is -1.98. The second kappa shape index (κ2) is 6.30. The summed E-state index contributed by atoms with van der Waals surface area (Å²) >= 11 is -0.0434. The highest BCUT2D eigenvalue weighted by atomic mass is 32.2. The molecule has 0 saturated heterocycles. The van der Waals surface area contributed by atoms with Crippen LogP contribution in [0.15, 0.2) is 0 Å². The van der Waals surface area contributed by atoms with Crippen LogP contribution in [0.4, 0.5) is 9.59 Å². The monoisotopic (exact) mass is 191 g/mol. The highest BCUT2D eigenvalue weighted by Gasteiger charge is 2.07. The number of hydrogen-bond acceptors (Lipinski definition) is 6. The Balaban J connectivity index is 3.35. The molecule has 0 aromatic heterocycles. The number of rotatable bonds is 2. The summed E-state index contributed by atoms with van der Waals surface area (Å²) in [5, 5.41) is 14.7.